The van der Waals surface area contributed by atoms with Crippen molar-refractivity contribution in [2.24, 2.45) is 0 Å². The minimum atomic E-state index is -0.960. The fourth-order valence-electron chi connectivity index (χ4n) is 10.3. The van der Waals surface area contributed by atoms with Crippen molar-refractivity contribution in [3.63, 3.8) is 0 Å². The molecule has 0 aliphatic carbocycles. The molecule has 1 amide bonds. The molecule has 0 saturated heterocycles. The van der Waals surface area contributed by atoms with E-state index in [1.54, 1.807) is 6.08 Å². The molecule has 420 valence electrons. The Morgan fingerprint density at radius 3 is 0.901 bits per heavy atom. The van der Waals surface area contributed by atoms with E-state index in [4.69, 9.17) is 0 Å². The number of hydrogen-bond donors (Lipinski definition) is 4. The highest BCUT2D eigenvalue weighted by Crippen LogP contribution is 2.19. The minimum Gasteiger partial charge on any atom is -0.394 e. The van der Waals surface area contributed by atoms with E-state index < -0.39 is 18.2 Å². The Morgan fingerprint density at radius 2 is 0.606 bits per heavy atom. The van der Waals surface area contributed by atoms with Gasteiger partial charge in [0.2, 0.25) is 5.91 Å². The summed E-state index contributed by atoms with van der Waals surface area (Å²) in [5.41, 5.74) is 0. The number of unbranched alkanes of at least 4 members (excludes halogenated alkanes) is 47. The smallest absolute Gasteiger partial charge is 0.222 e. The van der Waals surface area contributed by atoms with Crippen LogP contribution in [0.4, 0.5) is 0 Å². The lowest BCUT2D eigenvalue weighted by Gasteiger charge is -2.21. The fourth-order valence-corrected chi connectivity index (χ4v) is 10.3. The molecular weight excluding hydrogens is 871 g/mol. The third kappa shape index (κ3) is 57.7. The summed E-state index contributed by atoms with van der Waals surface area (Å²) in [7, 11) is 0. The third-order valence-electron chi connectivity index (χ3n) is 15.2. The van der Waals surface area contributed by atoms with Crippen LogP contribution in [0.2, 0.25) is 0 Å². The van der Waals surface area contributed by atoms with Crippen LogP contribution in [0.15, 0.2) is 36.5 Å². The monoisotopic (exact) mass is 998 g/mol. The average Bonchev–Trinajstić information content (AvgIpc) is 3.37. The van der Waals surface area contributed by atoms with Gasteiger partial charge in [-0.3, -0.25) is 4.79 Å². The molecule has 5 heteroatoms. The molecule has 0 saturated carbocycles. The predicted molar refractivity (Wildman–Crippen MR) is 314 cm³/mol. The Hall–Kier alpha value is -1.43. The summed E-state index contributed by atoms with van der Waals surface area (Å²) in [4.78, 5) is 12.6. The molecule has 0 aliphatic rings. The second-order valence-corrected chi connectivity index (χ2v) is 22.4. The van der Waals surface area contributed by atoms with Crippen LogP contribution in [-0.4, -0.2) is 46.1 Å². The molecule has 0 aromatic carbocycles. The number of rotatable bonds is 60. The molecule has 0 heterocycles. The SMILES string of the molecule is CCCCCCCCCCCCCCC/C=C/CC/C=C/CC/C=C/C(O)C(CO)NC(=O)CC(O)CCCCCCCCCCCCCCCCCCCCCCCCCCCCCCCCCCC. The van der Waals surface area contributed by atoms with E-state index in [2.05, 4.69) is 43.5 Å². The zero-order chi connectivity index (χ0) is 51.4. The number of amides is 1. The Labute approximate surface area is 444 Å². The van der Waals surface area contributed by atoms with Gasteiger partial charge in [0.15, 0.2) is 0 Å². The summed E-state index contributed by atoms with van der Waals surface area (Å²) in [5, 5.41) is 33.5. The predicted octanol–water partition coefficient (Wildman–Crippen LogP) is 20.6. The third-order valence-corrected chi connectivity index (χ3v) is 15.2. The van der Waals surface area contributed by atoms with E-state index in [9.17, 15) is 20.1 Å². The van der Waals surface area contributed by atoms with E-state index in [0.717, 1.165) is 38.5 Å². The molecule has 3 unspecified atom stereocenters. The molecule has 0 bridgehead atoms. The van der Waals surface area contributed by atoms with Crippen molar-refractivity contribution in [2.75, 3.05) is 6.61 Å². The summed E-state index contributed by atoms with van der Waals surface area (Å²) >= 11 is 0. The van der Waals surface area contributed by atoms with Crippen molar-refractivity contribution in [3.8, 4) is 0 Å². The second kappa shape index (κ2) is 61.1. The number of carbonyl (C=O) groups is 1. The van der Waals surface area contributed by atoms with Crippen LogP contribution >= 0.6 is 0 Å². The van der Waals surface area contributed by atoms with Crippen LogP contribution in [0.5, 0.6) is 0 Å². The van der Waals surface area contributed by atoms with Gasteiger partial charge in [-0.2, -0.15) is 0 Å². The number of nitrogens with one attached hydrogen (secondary N) is 1. The topological polar surface area (TPSA) is 89.8 Å². The number of aliphatic hydroxyl groups excluding tert-OH is 3. The van der Waals surface area contributed by atoms with Gasteiger partial charge in [-0.05, 0) is 44.9 Å². The molecule has 0 rings (SSSR count). The van der Waals surface area contributed by atoms with Gasteiger partial charge >= 0.3 is 0 Å². The van der Waals surface area contributed by atoms with Gasteiger partial charge in [0.05, 0.1) is 31.3 Å². The quantitative estimate of drug-likeness (QED) is 0.0361. The van der Waals surface area contributed by atoms with Crippen molar-refractivity contribution in [1.29, 1.82) is 0 Å². The first-order valence-corrected chi connectivity index (χ1v) is 32.3. The van der Waals surface area contributed by atoms with Gasteiger partial charge < -0.3 is 20.6 Å². The molecule has 0 spiro atoms. The number of allylic oxidation sites excluding steroid dienone is 5. The van der Waals surface area contributed by atoms with E-state index in [-0.39, 0.29) is 18.9 Å². The van der Waals surface area contributed by atoms with Gasteiger partial charge in [0.1, 0.15) is 0 Å². The zero-order valence-electron chi connectivity index (χ0n) is 48.1. The van der Waals surface area contributed by atoms with Crippen LogP contribution in [-0.2, 0) is 4.79 Å². The standard InChI is InChI=1S/C66H127NO4/c1-3-5-7-9-11-13-15-17-19-21-23-25-27-28-29-30-31-32-33-34-35-36-38-39-41-43-45-47-49-51-53-55-57-59-63(69)61-66(71)67-64(62-68)65(70)60-58-56-54-52-50-48-46-44-42-40-37-26-24-22-20-18-16-14-12-10-8-6-4-2/h42,44,50,52,58,60,63-65,68-70H,3-41,43,45-49,51,53-57,59,61-62H2,1-2H3,(H,67,71)/b44-42+,52-50+,60-58+. The maximum absolute atomic E-state index is 12.6. The molecule has 0 radical (unpaired) electrons. The number of aliphatic hydroxyl groups is 3. The Kier molecular flexibility index (Phi) is 59.9. The van der Waals surface area contributed by atoms with E-state index in [0.29, 0.717) is 6.42 Å². The molecular formula is C66H127NO4. The van der Waals surface area contributed by atoms with Crippen LogP contribution in [0.1, 0.15) is 354 Å². The Bertz CT molecular complexity index is 1100. The fraction of sp³-hybridized carbons (Fsp3) is 0.894. The highest BCUT2D eigenvalue weighted by molar-refractivity contribution is 5.76. The van der Waals surface area contributed by atoms with Crippen molar-refractivity contribution >= 4 is 5.91 Å². The Balaban J connectivity index is 3.53. The second-order valence-electron chi connectivity index (χ2n) is 22.4. The highest BCUT2D eigenvalue weighted by Gasteiger charge is 2.20. The molecule has 4 N–H and O–H groups in total. The van der Waals surface area contributed by atoms with Gasteiger partial charge in [-0.1, -0.05) is 339 Å². The lowest BCUT2D eigenvalue weighted by atomic mass is 10.0. The molecule has 0 aliphatic heterocycles. The summed E-state index contributed by atoms with van der Waals surface area (Å²) in [6.45, 7) is 4.24. The maximum atomic E-state index is 12.6. The summed E-state index contributed by atoms with van der Waals surface area (Å²) in [6.07, 6.45) is 80.9. The van der Waals surface area contributed by atoms with Crippen LogP contribution in [0.25, 0.3) is 0 Å². The molecule has 3 atom stereocenters. The summed E-state index contributed by atoms with van der Waals surface area (Å²) in [5.74, 6) is -0.323. The van der Waals surface area contributed by atoms with Gasteiger partial charge in [0.25, 0.3) is 0 Å². The van der Waals surface area contributed by atoms with Gasteiger partial charge in [-0.15, -0.1) is 0 Å². The largest absolute Gasteiger partial charge is 0.394 e. The van der Waals surface area contributed by atoms with Crippen LogP contribution in [0, 0.1) is 0 Å². The first-order chi connectivity index (χ1) is 35.0. The van der Waals surface area contributed by atoms with E-state index in [1.165, 1.54) is 289 Å². The van der Waals surface area contributed by atoms with Crippen molar-refractivity contribution in [3.05, 3.63) is 36.5 Å². The molecule has 0 fully saturated rings. The van der Waals surface area contributed by atoms with Crippen LogP contribution < -0.4 is 5.32 Å². The average molecular weight is 999 g/mol. The molecule has 0 aromatic heterocycles. The van der Waals surface area contributed by atoms with E-state index >= 15 is 0 Å². The first-order valence-electron chi connectivity index (χ1n) is 32.3. The zero-order valence-corrected chi connectivity index (χ0v) is 48.1. The maximum Gasteiger partial charge on any atom is 0.222 e. The Morgan fingerprint density at radius 1 is 0.352 bits per heavy atom. The number of carbonyl (C=O) groups excluding carboxylic acids is 1. The van der Waals surface area contributed by atoms with Crippen molar-refractivity contribution in [2.45, 2.75) is 372 Å². The first kappa shape index (κ1) is 69.6. The van der Waals surface area contributed by atoms with Crippen LogP contribution in [0.3, 0.4) is 0 Å². The lowest BCUT2D eigenvalue weighted by molar-refractivity contribution is -0.124. The lowest BCUT2D eigenvalue weighted by Crippen LogP contribution is -2.45. The van der Waals surface area contributed by atoms with Gasteiger partial charge in [0, 0.05) is 0 Å². The van der Waals surface area contributed by atoms with Crippen molar-refractivity contribution < 1.29 is 20.1 Å². The number of hydrogen-bond acceptors (Lipinski definition) is 4. The van der Waals surface area contributed by atoms with E-state index in [1.807, 2.05) is 6.08 Å². The van der Waals surface area contributed by atoms with Crippen molar-refractivity contribution in [1.82, 2.24) is 5.32 Å². The van der Waals surface area contributed by atoms with Gasteiger partial charge in [-0.25, -0.2) is 0 Å². The molecule has 71 heavy (non-hydrogen) atoms. The highest BCUT2D eigenvalue weighted by atomic mass is 16.3. The molecule has 0 aromatic rings. The minimum absolute atomic E-state index is 0.00594. The molecule has 5 nitrogen and oxygen atoms in total. The summed E-state index contributed by atoms with van der Waals surface area (Å²) < 4.78 is 0. The normalized spacial score (nSPS) is 13.4. The summed E-state index contributed by atoms with van der Waals surface area (Å²) in [6, 6.07) is -0.768.